The molecule has 2 aromatic rings. The fourth-order valence-corrected chi connectivity index (χ4v) is 3.27. The van der Waals surface area contributed by atoms with Crippen LogP contribution in [0.2, 0.25) is 0 Å². The van der Waals surface area contributed by atoms with Gasteiger partial charge in [-0.1, -0.05) is 0 Å². The van der Waals surface area contributed by atoms with Crippen LogP contribution in [0.4, 0.5) is 5.69 Å². The van der Waals surface area contributed by atoms with Crippen LogP contribution < -0.4 is 4.90 Å². The van der Waals surface area contributed by atoms with Gasteiger partial charge in [-0.05, 0) is 40.0 Å². The Labute approximate surface area is 136 Å². The van der Waals surface area contributed by atoms with E-state index in [-0.39, 0.29) is 5.97 Å². The summed E-state index contributed by atoms with van der Waals surface area (Å²) in [6.45, 7) is 8.84. The summed E-state index contributed by atoms with van der Waals surface area (Å²) in [5, 5.41) is 0. The smallest absolute Gasteiger partial charge is 0.342 e. The number of pyridine rings is 1. The number of rotatable bonds is 4. The predicted molar refractivity (Wildman–Crippen MR) is 90.0 cm³/mol. The van der Waals surface area contributed by atoms with Crippen LogP contribution >= 0.6 is 0 Å². The first-order chi connectivity index (χ1) is 11.2. The maximum atomic E-state index is 12.5. The van der Waals surface area contributed by atoms with Gasteiger partial charge in [0, 0.05) is 19.6 Å². The van der Waals surface area contributed by atoms with Crippen molar-refractivity contribution in [2.24, 2.45) is 0 Å². The standard InChI is InChI=1S/C17H24N4O2/c1-4-20-11-18-14-15(21-9-7-6-8-10-21)13(17(22)23-5-2)12(3)19-16(14)20/h11H,4-10H2,1-3H3. The maximum absolute atomic E-state index is 12.5. The molecule has 0 bridgehead atoms. The number of aryl methyl sites for hydroxylation is 2. The minimum absolute atomic E-state index is 0.300. The topological polar surface area (TPSA) is 60.2 Å². The Morgan fingerprint density at radius 3 is 2.65 bits per heavy atom. The number of imidazole rings is 1. The molecular weight excluding hydrogens is 292 g/mol. The number of ether oxygens (including phenoxy) is 1. The monoisotopic (exact) mass is 316 g/mol. The number of hydrogen-bond acceptors (Lipinski definition) is 5. The van der Waals surface area contributed by atoms with Crippen LogP contribution in [-0.2, 0) is 11.3 Å². The van der Waals surface area contributed by atoms with Crippen LogP contribution in [0.3, 0.4) is 0 Å². The Bertz CT molecular complexity index is 717. The molecule has 2 aromatic heterocycles. The van der Waals surface area contributed by atoms with E-state index < -0.39 is 0 Å². The zero-order valence-electron chi connectivity index (χ0n) is 14.1. The van der Waals surface area contributed by atoms with Gasteiger partial charge in [-0.3, -0.25) is 0 Å². The number of nitrogens with zero attached hydrogens (tertiary/aromatic N) is 4. The van der Waals surface area contributed by atoms with Gasteiger partial charge in [0.1, 0.15) is 11.1 Å². The van der Waals surface area contributed by atoms with E-state index in [1.54, 1.807) is 6.33 Å². The molecule has 1 aliphatic heterocycles. The summed E-state index contributed by atoms with van der Waals surface area (Å²) in [7, 11) is 0. The second-order valence-electron chi connectivity index (χ2n) is 5.89. The molecule has 0 aromatic carbocycles. The zero-order valence-corrected chi connectivity index (χ0v) is 14.1. The molecule has 23 heavy (non-hydrogen) atoms. The quantitative estimate of drug-likeness (QED) is 0.812. The molecule has 0 unspecified atom stereocenters. The number of hydrogen-bond donors (Lipinski definition) is 0. The molecule has 6 heteroatoms. The average molecular weight is 316 g/mol. The Morgan fingerprint density at radius 2 is 2.00 bits per heavy atom. The van der Waals surface area contributed by atoms with Crippen LogP contribution in [0, 0.1) is 6.92 Å². The van der Waals surface area contributed by atoms with Crippen molar-refractivity contribution in [3.05, 3.63) is 17.6 Å². The highest BCUT2D eigenvalue weighted by Crippen LogP contribution is 2.33. The van der Waals surface area contributed by atoms with Gasteiger partial charge in [0.25, 0.3) is 0 Å². The molecule has 1 aliphatic rings. The number of carbonyl (C=O) groups excluding carboxylic acids is 1. The Morgan fingerprint density at radius 1 is 1.26 bits per heavy atom. The number of piperidine rings is 1. The highest BCUT2D eigenvalue weighted by molar-refractivity contribution is 6.04. The van der Waals surface area contributed by atoms with E-state index in [9.17, 15) is 4.79 Å². The van der Waals surface area contributed by atoms with E-state index in [4.69, 9.17) is 4.74 Å². The molecule has 124 valence electrons. The van der Waals surface area contributed by atoms with Gasteiger partial charge >= 0.3 is 5.97 Å². The first-order valence-electron chi connectivity index (χ1n) is 8.44. The fourth-order valence-electron chi connectivity index (χ4n) is 3.27. The summed E-state index contributed by atoms with van der Waals surface area (Å²) in [5.74, 6) is -0.300. The van der Waals surface area contributed by atoms with Crippen molar-refractivity contribution in [1.82, 2.24) is 14.5 Å². The van der Waals surface area contributed by atoms with Gasteiger partial charge in [0.15, 0.2) is 5.65 Å². The highest BCUT2D eigenvalue weighted by Gasteiger charge is 2.27. The third-order valence-electron chi connectivity index (χ3n) is 4.40. The summed E-state index contributed by atoms with van der Waals surface area (Å²) in [6.07, 6.45) is 5.32. The first kappa shape index (κ1) is 15.8. The fraction of sp³-hybridized carbons (Fsp3) is 0.588. The number of aromatic nitrogens is 3. The van der Waals surface area contributed by atoms with Crippen LogP contribution in [0.1, 0.15) is 49.2 Å². The van der Waals surface area contributed by atoms with Crippen LogP contribution in [0.5, 0.6) is 0 Å². The highest BCUT2D eigenvalue weighted by atomic mass is 16.5. The maximum Gasteiger partial charge on any atom is 0.342 e. The lowest BCUT2D eigenvalue weighted by molar-refractivity contribution is 0.0526. The summed E-state index contributed by atoms with van der Waals surface area (Å²) >= 11 is 0. The summed E-state index contributed by atoms with van der Waals surface area (Å²) in [4.78, 5) is 24.0. The van der Waals surface area contributed by atoms with E-state index in [0.717, 1.165) is 49.3 Å². The van der Waals surface area contributed by atoms with Crippen molar-refractivity contribution in [2.75, 3.05) is 24.6 Å². The first-order valence-corrected chi connectivity index (χ1v) is 8.44. The van der Waals surface area contributed by atoms with Crippen molar-refractivity contribution in [3.63, 3.8) is 0 Å². The second kappa shape index (κ2) is 6.56. The molecule has 0 saturated carbocycles. The summed E-state index contributed by atoms with van der Waals surface area (Å²) in [6, 6.07) is 0. The summed E-state index contributed by atoms with van der Waals surface area (Å²) in [5.41, 5.74) is 3.84. The van der Waals surface area contributed by atoms with Gasteiger partial charge < -0.3 is 14.2 Å². The van der Waals surface area contributed by atoms with Crippen LogP contribution in [0.25, 0.3) is 11.2 Å². The largest absolute Gasteiger partial charge is 0.462 e. The minimum atomic E-state index is -0.300. The van der Waals surface area contributed by atoms with Crippen molar-refractivity contribution in [2.45, 2.75) is 46.6 Å². The van der Waals surface area contributed by atoms with Gasteiger partial charge in [-0.2, -0.15) is 0 Å². The van der Waals surface area contributed by atoms with E-state index in [2.05, 4.69) is 21.8 Å². The van der Waals surface area contributed by atoms with E-state index in [0.29, 0.717) is 17.9 Å². The second-order valence-corrected chi connectivity index (χ2v) is 5.89. The molecule has 1 fully saturated rings. The number of carbonyl (C=O) groups is 1. The van der Waals surface area contributed by atoms with Crippen LogP contribution in [-0.4, -0.2) is 40.2 Å². The average Bonchev–Trinajstić information content (AvgIpc) is 2.97. The molecule has 1 saturated heterocycles. The van der Waals surface area contributed by atoms with Crippen molar-refractivity contribution < 1.29 is 9.53 Å². The predicted octanol–water partition coefficient (Wildman–Crippen LogP) is 2.93. The van der Waals surface area contributed by atoms with E-state index in [1.165, 1.54) is 6.42 Å². The molecule has 0 atom stereocenters. The molecule has 0 N–H and O–H groups in total. The summed E-state index contributed by atoms with van der Waals surface area (Å²) < 4.78 is 7.30. The lowest BCUT2D eigenvalue weighted by Crippen LogP contribution is -2.32. The SMILES string of the molecule is CCOC(=O)c1c(C)nc2c(ncn2CC)c1N1CCCCC1. The van der Waals surface area contributed by atoms with Crippen molar-refractivity contribution in [3.8, 4) is 0 Å². The molecule has 6 nitrogen and oxygen atoms in total. The molecule has 0 radical (unpaired) electrons. The number of fused-ring (bicyclic) bond motifs is 1. The molecule has 3 heterocycles. The lowest BCUT2D eigenvalue weighted by atomic mass is 10.1. The van der Waals surface area contributed by atoms with Crippen molar-refractivity contribution in [1.29, 1.82) is 0 Å². The van der Waals surface area contributed by atoms with E-state index >= 15 is 0 Å². The third kappa shape index (κ3) is 2.78. The minimum Gasteiger partial charge on any atom is -0.462 e. The molecule has 0 amide bonds. The van der Waals surface area contributed by atoms with Gasteiger partial charge in [0.2, 0.25) is 0 Å². The Hall–Kier alpha value is -2.11. The van der Waals surface area contributed by atoms with Gasteiger partial charge in [-0.15, -0.1) is 0 Å². The normalized spacial score (nSPS) is 15.2. The number of anilines is 1. The molecule has 3 rings (SSSR count). The molecule has 0 aliphatic carbocycles. The third-order valence-corrected chi connectivity index (χ3v) is 4.40. The Kier molecular flexibility index (Phi) is 4.50. The van der Waals surface area contributed by atoms with Gasteiger partial charge in [0.05, 0.1) is 24.3 Å². The van der Waals surface area contributed by atoms with E-state index in [1.807, 2.05) is 18.4 Å². The zero-order chi connectivity index (χ0) is 16.4. The van der Waals surface area contributed by atoms with Crippen LogP contribution in [0.15, 0.2) is 6.33 Å². The Balaban J connectivity index is 2.22. The number of esters is 1. The lowest BCUT2D eigenvalue weighted by Gasteiger charge is -2.30. The van der Waals surface area contributed by atoms with Gasteiger partial charge in [-0.25, -0.2) is 14.8 Å². The van der Waals surface area contributed by atoms with Crippen molar-refractivity contribution >= 4 is 22.8 Å². The molecular formula is C17H24N4O2. The molecule has 0 spiro atoms.